The van der Waals surface area contributed by atoms with E-state index in [1.165, 1.54) is 49.7 Å². The molecule has 2 nitrogen and oxygen atoms in total. The molecule has 0 aromatic heterocycles. The molecular formula is C19H31NO. The Labute approximate surface area is 130 Å². The summed E-state index contributed by atoms with van der Waals surface area (Å²) in [5, 5.41) is 3.57. The number of rotatable bonds is 9. The zero-order valence-corrected chi connectivity index (χ0v) is 14.0. The SMILES string of the molecule is CCCC(CCC)C(CCc1ccc2c(c1)CCO2)NC. The molecule has 1 unspecified atom stereocenters. The summed E-state index contributed by atoms with van der Waals surface area (Å²) in [7, 11) is 2.12. The third kappa shape index (κ3) is 4.47. The molecule has 2 heteroatoms. The normalized spacial score (nSPS) is 15.0. The second-order valence-electron chi connectivity index (χ2n) is 6.31. The first kappa shape index (κ1) is 16.4. The minimum Gasteiger partial charge on any atom is -0.493 e. The average molecular weight is 289 g/mol. The standard InChI is InChI=1S/C19H31NO/c1-4-6-16(7-5-2)18(20-3)10-8-15-9-11-19-17(14-15)12-13-21-19/h9,11,14,16,18,20H,4-8,10,12-13H2,1-3H3. The first-order valence-electron chi connectivity index (χ1n) is 8.70. The zero-order valence-electron chi connectivity index (χ0n) is 14.0. The Balaban J connectivity index is 1.92. The lowest BCUT2D eigenvalue weighted by molar-refractivity contribution is 0.310. The summed E-state index contributed by atoms with van der Waals surface area (Å²) < 4.78 is 5.59. The number of hydrogen-bond donors (Lipinski definition) is 1. The van der Waals surface area contributed by atoms with Crippen LogP contribution in [0.15, 0.2) is 18.2 Å². The van der Waals surface area contributed by atoms with Gasteiger partial charge in [-0.2, -0.15) is 0 Å². The lowest BCUT2D eigenvalue weighted by Gasteiger charge is -2.26. The molecule has 0 radical (unpaired) electrons. The first-order chi connectivity index (χ1) is 10.3. The molecule has 118 valence electrons. The van der Waals surface area contributed by atoms with E-state index in [1.807, 2.05) is 0 Å². The van der Waals surface area contributed by atoms with Crippen molar-refractivity contribution in [1.82, 2.24) is 5.32 Å². The molecule has 2 rings (SSSR count). The Bertz CT molecular complexity index is 424. The fraction of sp³-hybridized carbons (Fsp3) is 0.684. The van der Waals surface area contributed by atoms with Crippen molar-refractivity contribution in [1.29, 1.82) is 0 Å². The lowest BCUT2D eigenvalue weighted by atomic mass is 9.87. The van der Waals surface area contributed by atoms with Gasteiger partial charge in [0.15, 0.2) is 0 Å². The minimum absolute atomic E-state index is 0.648. The first-order valence-corrected chi connectivity index (χ1v) is 8.70. The molecule has 1 aromatic rings. The van der Waals surface area contributed by atoms with E-state index >= 15 is 0 Å². The van der Waals surface area contributed by atoms with E-state index in [0.29, 0.717) is 6.04 Å². The second-order valence-corrected chi connectivity index (χ2v) is 6.31. The number of ether oxygens (including phenoxy) is 1. The number of hydrogen-bond acceptors (Lipinski definition) is 2. The van der Waals surface area contributed by atoms with Crippen molar-refractivity contribution in [2.24, 2.45) is 5.92 Å². The molecule has 1 atom stereocenters. The van der Waals surface area contributed by atoms with E-state index in [1.54, 1.807) is 0 Å². The van der Waals surface area contributed by atoms with E-state index in [9.17, 15) is 0 Å². The van der Waals surface area contributed by atoms with Gasteiger partial charge in [0.25, 0.3) is 0 Å². The van der Waals surface area contributed by atoms with Gasteiger partial charge in [-0.25, -0.2) is 0 Å². The topological polar surface area (TPSA) is 21.3 Å². The molecule has 0 saturated carbocycles. The lowest BCUT2D eigenvalue weighted by Crippen LogP contribution is -2.34. The van der Waals surface area contributed by atoms with Gasteiger partial charge in [-0.05, 0) is 55.8 Å². The third-order valence-corrected chi connectivity index (χ3v) is 4.76. The largest absolute Gasteiger partial charge is 0.493 e. The highest BCUT2D eigenvalue weighted by atomic mass is 16.5. The molecule has 0 fully saturated rings. The monoisotopic (exact) mass is 289 g/mol. The predicted molar refractivity (Wildman–Crippen MR) is 90.1 cm³/mol. The van der Waals surface area contributed by atoms with Crippen LogP contribution in [0.5, 0.6) is 5.75 Å². The maximum Gasteiger partial charge on any atom is 0.122 e. The van der Waals surface area contributed by atoms with Crippen molar-refractivity contribution in [3.05, 3.63) is 29.3 Å². The van der Waals surface area contributed by atoms with Crippen molar-refractivity contribution in [2.45, 2.75) is 64.8 Å². The summed E-state index contributed by atoms with van der Waals surface area (Å²) >= 11 is 0. The number of aryl methyl sites for hydroxylation is 1. The maximum atomic E-state index is 5.59. The molecule has 0 spiro atoms. The van der Waals surface area contributed by atoms with Gasteiger partial charge in [0.1, 0.15) is 5.75 Å². The fourth-order valence-corrected chi connectivity index (χ4v) is 3.62. The van der Waals surface area contributed by atoms with Crippen LogP contribution in [0.2, 0.25) is 0 Å². The summed E-state index contributed by atoms with van der Waals surface area (Å²) in [4.78, 5) is 0. The van der Waals surface area contributed by atoms with E-state index in [-0.39, 0.29) is 0 Å². The molecule has 1 aliphatic rings. The Kier molecular flexibility index (Phi) is 6.56. The minimum atomic E-state index is 0.648. The van der Waals surface area contributed by atoms with Gasteiger partial charge in [-0.3, -0.25) is 0 Å². The van der Waals surface area contributed by atoms with E-state index in [4.69, 9.17) is 4.74 Å². The van der Waals surface area contributed by atoms with Crippen LogP contribution in [-0.2, 0) is 12.8 Å². The summed E-state index contributed by atoms with van der Waals surface area (Å²) in [5.74, 6) is 1.92. The van der Waals surface area contributed by atoms with Crippen LogP contribution in [0.4, 0.5) is 0 Å². The molecule has 0 bridgehead atoms. The van der Waals surface area contributed by atoms with E-state index in [0.717, 1.165) is 24.7 Å². The van der Waals surface area contributed by atoms with Gasteiger partial charge >= 0.3 is 0 Å². The summed E-state index contributed by atoms with van der Waals surface area (Å²) in [6, 6.07) is 7.39. The average Bonchev–Trinajstić information content (AvgIpc) is 2.96. The van der Waals surface area contributed by atoms with Gasteiger partial charge in [-0.15, -0.1) is 0 Å². The molecular weight excluding hydrogens is 258 g/mol. The van der Waals surface area contributed by atoms with Crippen molar-refractivity contribution in [3.63, 3.8) is 0 Å². The van der Waals surface area contributed by atoms with Crippen LogP contribution in [0.3, 0.4) is 0 Å². The number of nitrogens with one attached hydrogen (secondary N) is 1. The predicted octanol–water partition coefficient (Wildman–Crippen LogP) is 4.36. The van der Waals surface area contributed by atoms with Crippen molar-refractivity contribution in [2.75, 3.05) is 13.7 Å². The maximum absolute atomic E-state index is 5.59. The molecule has 21 heavy (non-hydrogen) atoms. The van der Waals surface area contributed by atoms with E-state index < -0.39 is 0 Å². The molecule has 0 amide bonds. The van der Waals surface area contributed by atoms with Crippen LogP contribution in [0, 0.1) is 5.92 Å². The second kappa shape index (κ2) is 8.43. The Morgan fingerprint density at radius 1 is 1.14 bits per heavy atom. The van der Waals surface area contributed by atoms with Crippen molar-refractivity contribution in [3.8, 4) is 5.75 Å². The van der Waals surface area contributed by atoms with Crippen LogP contribution in [0.25, 0.3) is 0 Å². The fourth-order valence-electron chi connectivity index (χ4n) is 3.62. The van der Waals surface area contributed by atoms with Crippen molar-refractivity contribution >= 4 is 0 Å². The Morgan fingerprint density at radius 2 is 1.90 bits per heavy atom. The molecule has 1 N–H and O–H groups in total. The molecule has 0 saturated heterocycles. The highest BCUT2D eigenvalue weighted by Crippen LogP contribution is 2.27. The summed E-state index contributed by atoms with van der Waals surface area (Å²) in [6.45, 7) is 5.46. The highest BCUT2D eigenvalue weighted by Gasteiger charge is 2.19. The molecule has 0 aliphatic carbocycles. The van der Waals surface area contributed by atoms with Gasteiger partial charge in [0, 0.05) is 12.5 Å². The Morgan fingerprint density at radius 3 is 2.57 bits per heavy atom. The smallest absolute Gasteiger partial charge is 0.122 e. The van der Waals surface area contributed by atoms with Crippen LogP contribution in [-0.4, -0.2) is 19.7 Å². The van der Waals surface area contributed by atoms with E-state index in [2.05, 4.69) is 44.4 Å². The van der Waals surface area contributed by atoms with Gasteiger partial charge < -0.3 is 10.1 Å². The van der Waals surface area contributed by atoms with Gasteiger partial charge in [0.2, 0.25) is 0 Å². The Hall–Kier alpha value is -1.02. The third-order valence-electron chi connectivity index (χ3n) is 4.76. The van der Waals surface area contributed by atoms with Gasteiger partial charge in [0.05, 0.1) is 6.61 Å². The van der Waals surface area contributed by atoms with Crippen molar-refractivity contribution < 1.29 is 4.74 Å². The number of fused-ring (bicyclic) bond motifs is 1. The van der Waals surface area contributed by atoms with Crippen LogP contribution >= 0.6 is 0 Å². The highest BCUT2D eigenvalue weighted by molar-refractivity contribution is 5.39. The molecule has 1 heterocycles. The number of benzene rings is 1. The van der Waals surface area contributed by atoms with Gasteiger partial charge in [-0.1, -0.05) is 38.8 Å². The molecule has 1 aliphatic heterocycles. The zero-order chi connectivity index (χ0) is 15.1. The van der Waals surface area contributed by atoms with Crippen LogP contribution < -0.4 is 10.1 Å². The molecule has 1 aromatic carbocycles. The summed E-state index contributed by atoms with van der Waals surface area (Å²) in [6.07, 6.45) is 8.75. The van der Waals surface area contributed by atoms with Crippen LogP contribution in [0.1, 0.15) is 57.1 Å². The summed E-state index contributed by atoms with van der Waals surface area (Å²) in [5.41, 5.74) is 2.86. The quantitative estimate of drug-likeness (QED) is 0.729.